The molecule has 0 aliphatic carbocycles. The normalized spacial score (nSPS) is 13.5. The lowest BCUT2D eigenvalue weighted by Crippen LogP contribution is -2.14. The Morgan fingerprint density at radius 2 is 2.00 bits per heavy atom. The molecule has 6 heteroatoms. The van der Waals surface area contributed by atoms with Gasteiger partial charge < -0.3 is 19.8 Å². The number of hydrogen-bond acceptors (Lipinski definition) is 4. The topological polar surface area (TPSA) is 76.2 Å². The van der Waals surface area contributed by atoms with E-state index in [1.807, 2.05) is 36.4 Å². The van der Waals surface area contributed by atoms with E-state index in [1.165, 1.54) is 0 Å². The van der Waals surface area contributed by atoms with E-state index in [0.717, 1.165) is 34.5 Å². The van der Waals surface area contributed by atoms with Crippen LogP contribution in [-0.2, 0) is 11.2 Å². The molecule has 6 nitrogen and oxygen atoms in total. The monoisotopic (exact) mass is 323 g/mol. The number of aromatic amines is 1. The number of nitrogens with zero attached hydrogens (tertiary/aromatic N) is 1. The van der Waals surface area contributed by atoms with Crippen molar-refractivity contribution in [2.24, 2.45) is 0 Å². The first-order chi connectivity index (χ1) is 11.8. The van der Waals surface area contributed by atoms with Crippen LogP contribution in [0.15, 0.2) is 42.7 Å². The number of H-pyrrole nitrogens is 1. The van der Waals surface area contributed by atoms with E-state index in [2.05, 4.69) is 15.3 Å². The molecule has 4 rings (SSSR count). The van der Waals surface area contributed by atoms with E-state index in [-0.39, 0.29) is 12.3 Å². The van der Waals surface area contributed by atoms with Crippen molar-refractivity contribution in [3.8, 4) is 11.5 Å². The smallest absolute Gasteiger partial charge is 0.228 e. The van der Waals surface area contributed by atoms with Crippen molar-refractivity contribution >= 4 is 22.6 Å². The first-order valence-electron chi connectivity index (χ1n) is 7.89. The Morgan fingerprint density at radius 1 is 1.12 bits per heavy atom. The van der Waals surface area contributed by atoms with Crippen LogP contribution in [0.2, 0.25) is 0 Å². The lowest BCUT2D eigenvalue weighted by atomic mass is 10.1. The van der Waals surface area contributed by atoms with Gasteiger partial charge in [0.25, 0.3) is 0 Å². The quantitative estimate of drug-likeness (QED) is 0.777. The number of amides is 1. The number of fused-ring (bicyclic) bond motifs is 2. The third kappa shape index (κ3) is 3.03. The Bertz CT molecular complexity index is 888. The minimum absolute atomic E-state index is 0.0802. The minimum atomic E-state index is -0.0802. The molecule has 0 radical (unpaired) electrons. The minimum Gasteiger partial charge on any atom is -0.490 e. The van der Waals surface area contributed by atoms with Gasteiger partial charge in [-0.05, 0) is 35.9 Å². The number of carbonyl (C=O) groups excluding carboxylic acids is 1. The Morgan fingerprint density at radius 3 is 2.92 bits per heavy atom. The maximum Gasteiger partial charge on any atom is 0.228 e. The summed E-state index contributed by atoms with van der Waals surface area (Å²) in [6.45, 7) is 1.29. The highest BCUT2D eigenvalue weighted by molar-refractivity contribution is 5.94. The van der Waals surface area contributed by atoms with Crippen molar-refractivity contribution in [3.63, 3.8) is 0 Å². The van der Waals surface area contributed by atoms with Crippen LogP contribution in [0.5, 0.6) is 11.5 Å². The zero-order valence-corrected chi connectivity index (χ0v) is 13.0. The van der Waals surface area contributed by atoms with Crippen LogP contribution in [0.25, 0.3) is 11.0 Å². The first kappa shape index (κ1) is 14.6. The molecule has 0 unspecified atom stereocenters. The molecule has 0 spiro atoms. The SMILES string of the molecule is O=C(Cc1ccc2c(c1)OCCCO2)Nc1ccc2nc[nH]c2c1. The zero-order valence-electron chi connectivity index (χ0n) is 13.0. The van der Waals surface area contributed by atoms with Gasteiger partial charge in [0.05, 0.1) is 37.0 Å². The van der Waals surface area contributed by atoms with Crippen LogP contribution < -0.4 is 14.8 Å². The summed E-state index contributed by atoms with van der Waals surface area (Å²) in [6, 6.07) is 11.2. The fraction of sp³-hybridized carbons (Fsp3) is 0.222. The van der Waals surface area contributed by atoms with E-state index >= 15 is 0 Å². The van der Waals surface area contributed by atoms with Crippen LogP contribution >= 0.6 is 0 Å². The molecular weight excluding hydrogens is 306 g/mol. The van der Waals surface area contributed by atoms with E-state index in [9.17, 15) is 4.79 Å². The van der Waals surface area contributed by atoms with Crippen LogP contribution in [0, 0.1) is 0 Å². The maximum absolute atomic E-state index is 12.3. The number of ether oxygens (including phenoxy) is 2. The van der Waals surface area contributed by atoms with Gasteiger partial charge >= 0.3 is 0 Å². The Hall–Kier alpha value is -3.02. The highest BCUT2D eigenvalue weighted by Crippen LogP contribution is 2.30. The number of carbonyl (C=O) groups is 1. The van der Waals surface area contributed by atoms with Crippen molar-refractivity contribution in [2.45, 2.75) is 12.8 Å². The Balaban J connectivity index is 1.46. The number of benzene rings is 2. The molecule has 2 N–H and O–H groups in total. The summed E-state index contributed by atoms with van der Waals surface area (Å²) in [7, 11) is 0. The predicted molar refractivity (Wildman–Crippen MR) is 90.5 cm³/mol. The molecule has 0 saturated heterocycles. The van der Waals surface area contributed by atoms with Gasteiger partial charge in [-0.1, -0.05) is 6.07 Å². The maximum atomic E-state index is 12.3. The molecule has 2 aromatic carbocycles. The molecule has 0 bridgehead atoms. The highest BCUT2D eigenvalue weighted by Gasteiger charge is 2.12. The van der Waals surface area contributed by atoms with Gasteiger partial charge in [-0.25, -0.2) is 4.98 Å². The van der Waals surface area contributed by atoms with Crippen molar-refractivity contribution in [1.82, 2.24) is 9.97 Å². The summed E-state index contributed by atoms with van der Waals surface area (Å²) in [5.41, 5.74) is 3.39. The standard InChI is InChI=1S/C18H17N3O3/c22-18(21-13-3-4-14-15(10-13)20-11-19-14)9-12-2-5-16-17(8-12)24-7-1-6-23-16/h2-5,8,10-11H,1,6-7,9H2,(H,19,20)(H,21,22). The van der Waals surface area contributed by atoms with Crippen LogP contribution in [0.4, 0.5) is 5.69 Å². The molecule has 0 atom stereocenters. The van der Waals surface area contributed by atoms with E-state index in [0.29, 0.717) is 19.0 Å². The molecule has 0 fully saturated rings. The highest BCUT2D eigenvalue weighted by atomic mass is 16.5. The molecule has 1 amide bonds. The summed E-state index contributed by atoms with van der Waals surface area (Å²) in [4.78, 5) is 19.5. The number of rotatable bonds is 3. The van der Waals surface area contributed by atoms with Crippen molar-refractivity contribution < 1.29 is 14.3 Å². The Kier molecular flexibility index (Phi) is 3.78. The van der Waals surface area contributed by atoms with Gasteiger partial charge in [0.1, 0.15) is 0 Å². The van der Waals surface area contributed by atoms with E-state index in [1.54, 1.807) is 6.33 Å². The largest absolute Gasteiger partial charge is 0.490 e. The molecule has 1 aliphatic rings. The third-order valence-corrected chi connectivity index (χ3v) is 3.88. The summed E-state index contributed by atoms with van der Waals surface area (Å²) in [5.74, 6) is 1.36. The van der Waals surface area contributed by atoms with Gasteiger partial charge in [-0.2, -0.15) is 0 Å². The first-order valence-corrected chi connectivity index (χ1v) is 7.89. The molecule has 122 valence electrons. The van der Waals surface area contributed by atoms with Crippen LogP contribution in [0.3, 0.4) is 0 Å². The van der Waals surface area contributed by atoms with Crippen molar-refractivity contribution in [2.75, 3.05) is 18.5 Å². The molecule has 2 heterocycles. The van der Waals surface area contributed by atoms with Crippen LogP contribution in [-0.4, -0.2) is 29.1 Å². The number of imidazole rings is 1. The fourth-order valence-electron chi connectivity index (χ4n) is 2.72. The third-order valence-electron chi connectivity index (χ3n) is 3.88. The molecule has 3 aromatic rings. The average molecular weight is 323 g/mol. The van der Waals surface area contributed by atoms with E-state index < -0.39 is 0 Å². The molecule has 1 aliphatic heterocycles. The summed E-state index contributed by atoms with van der Waals surface area (Å²) >= 11 is 0. The summed E-state index contributed by atoms with van der Waals surface area (Å²) < 4.78 is 11.3. The van der Waals surface area contributed by atoms with Gasteiger partial charge in [-0.3, -0.25) is 4.79 Å². The van der Waals surface area contributed by atoms with Gasteiger partial charge in [0.2, 0.25) is 5.91 Å². The van der Waals surface area contributed by atoms with Crippen molar-refractivity contribution in [3.05, 3.63) is 48.3 Å². The number of hydrogen-bond donors (Lipinski definition) is 2. The fourth-order valence-corrected chi connectivity index (χ4v) is 2.72. The lowest BCUT2D eigenvalue weighted by molar-refractivity contribution is -0.115. The van der Waals surface area contributed by atoms with Crippen LogP contribution in [0.1, 0.15) is 12.0 Å². The Labute approximate surface area is 138 Å². The van der Waals surface area contributed by atoms with Gasteiger partial charge in [0, 0.05) is 12.1 Å². The molecule has 1 aromatic heterocycles. The number of aromatic nitrogens is 2. The average Bonchev–Trinajstić information content (AvgIpc) is 2.91. The summed E-state index contributed by atoms with van der Waals surface area (Å²) in [6.07, 6.45) is 2.77. The summed E-state index contributed by atoms with van der Waals surface area (Å²) in [5, 5.41) is 2.91. The molecule has 24 heavy (non-hydrogen) atoms. The molecule has 0 saturated carbocycles. The number of anilines is 1. The molecular formula is C18H17N3O3. The van der Waals surface area contributed by atoms with E-state index in [4.69, 9.17) is 9.47 Å². The zero-order chi connectivity index (χ0) is 16.4. The second-order valence-corrected chi connectivity index (χ2v) is 5.69. The van der Waals surface area contributed by atoms with Crippen molar-refractivity contribution in [1.29, 1.82) is 0 Å². The van der Waals surface area contributed by atoms with Gasteiger partial charge in [0.15, 0.2) is 11.5 Å². The lowest BCUT2D eigenvalue weighted by Gasteiger charge is -2.10. The number of nitrogens with one attached hydrogen (secondary N) is 2. The second-order valence-electron chi connectivity index (χ2n) is 5.69. The predicted octanol–water partition coefficient (Wildman–Crippen LogP) is 2.91. The second kappa shape index (κ2) is 6.23. The van der Waals surface area contributed by atoms with Gasteiger partial charge in [-0.15, -0.1) is 0 Å².